The van der Waals surface area contributed by atoms with E-state index in [9.17, 15) is 0 Å². The molecule has 2 aromatic rings. The predicted molar refractivity (Wildman–Crippen MR) is 90.0 cm³/mol. The van der Waals surface area contributed by atoms with Crippen LogP contribution in [-0.4, -0.2) is 5.84 Å². The highest BCUT2D eigenvalue weighted by Crippen LogP contribution is 2.39. The van der Waals surface area contributed by atoms with Crippen LogP contribution in [0.15, 0.2) is 53.4 Å². The van der Waals surface area contributed by atoms with E-state index in [1.807, 2.05) is 30.0 Å². The Bertz CT molecular complexity index is 637. The van der Waals surface area contributed by atoms with Crippen molar-refractivity contribution in [2.45, 2.75) is 35.8 Å². The summed E-state index contributed by atoms with van der Waals surface area (Å²) >= 11 is 1.82. The number of nitrogens with one attached hydrogen (secondary N) is 1. The van der Waals surface area contributed by atoms with Gasteiger partial charge in [-0.3, -0.25) is 5.41 Å². The topological polar surface area (TPSA) is 49.9 Å². The number of hydrogen-bond acceptors (Lipinski definition) is 2. The van der Waals surface area contributed by atoms with E-state index in [4.69, 9.17) is 11.1 Å². The third-order valence-corrected chi connectivity index (χ3v) is 5.17. The number of aryl methyl sites for hydroxylation is 2. The summed E-state index contributed by atoms with van der Waals surface area (Å²) in [4.78, 5) is 1.28. The van der Waals surface area contributed by atoms with Crippen LogP contribution in [0.1, 0.15) is 34.8 Å². The summed E-state index contributed by atoms with van der Waals surface area (Å²) in [5.41, 5.74) is 9.88. The van der Waals surface area contributed by atoms with Crippen molar-refractivity contribution in [3.63, 3.8) is 0 Å². The second kappa shape index (κ2) is 6.35. The Hall–Kier alpha value is -1.74. The van der Waals surface area contributed by atoms with E-state index in [1.165, 1.54) is 40.8 Å². The molecular weight excluding hydrogens is 276 g/mol. The van der Waals surface area contributed by atoms with Gasteiger partial charge in [0.1, 0.15) is 0 Å². The molecule has 2 nitrogen and oxygen atoms in total. The first-order valence-corrected chi connectivity index (χ1v) is 8.26. The van der Waals surface area contributed by atoms with Gasteiger partial charge in [-0.2, -0.15) is 0 Å². The van der Waals surface area contributed by atoms with Crippen molar-refractivity contribution < 1.29 is 0 Å². The Labute approximate surface area is 130 Å². The zero-order chi connectivity index (χ0) is 14.7. The summed E-state index contributed by atoms with van der Waals surface area (Å²) in [6.07, 6.45) is 4.28. The van der Waals surface area contributed by atoms with Gasteiger partial charge in [-0.15, -0.1) is 11.8 Å². The van der Waals surface area contributed by atoms with E-state index in [0.29, 0.717) is 6.42 Å². The molecule has 1 unspecified atom stereocenters. The van der Waals surface area contributed by atoms with Gasteiger partial charge in [0.2, 0.25) is 0 Å². The zero-order valence-corrected chi connectivity index (χ0v) is 12.8. The first kappa shape index (κ1) is 14.2. The maximum atomic E-state index is 7.63. The lowest BCUT2D eigenvalue weighted by Crippen LogP contribution is -2.13. The summed E-state index contributed by atoms with van der Waals surface area (Å²) < 4.78 is 0. The molecule has 1 aliphatic carbocycles. The van der Waals surface area contributed by atoms with E-state index in [-0.39, 0.29) is 11.1 Å². The molecular formula is C18H20N2S. The van der Waals surface area contributed by atoms with E-state index in [0.717, 1.165) is 0 Å². The fourth-order valence-electron chi connectivity index (χ4n) is 2.88. The number of thioether (sulfide) groups is 1. The number of rotatable bonds is 5. The number of nitrogens with two attached hydrogens (primary N) is 1. The molecule has 1 atom stereocenters. The largest absolute Gasteiger partial charge is 0.388 e. The SMILES string of the molecule is N=C(N)CC(Sc1ccc2c(c1)CCC2)c1ccccc1. The smallest absolute Gasteiger partial charge is 0.0920 e. The molecule has 0 saturated carbocycles. The van der Waals surface area contributed by atoms with Gasteiger partial charge in [-0.25, -0.2) is 0 Å². The Balaban J connectivity index is 1.82. The van der Waals surface area contributed by atoms with E-state index < -0.39 is 0 Å². The quantitative estimate of drug-likeness (QED) is 0.490. The average molecular weight is 296 g/mol. The molecule has 0 bridgehead atoms. The molecule has 3 rings (SSSR count). The molecule has 1 aliphatic rings. The molecule has 0 amide bonds. The molecule has 3 heteroatoms. The van der Waals surface area contributed by atoms with Crippen molar-refractivity contribution in [2.24, 2.45) is 5.73 Å². The molecule has 0 aromatic heterocycles. The Kier molecular flexibility index (Phi) is 4.30. The van der Waals surface area contributed by atoms with Crippen LogP contribution in [0.4, 0.5) is 0 Å². The van der Waals surface area contributed by atoms with Crippen LogP contribution in [0, 0.1) is 5.41 Å². The fraction of sp³-hybridized carbons (Fsp3) is 0.278. The second-order valence-corrected chi connectivity index (χ2v) is 6.81. The minimum absolute atomic E-state index is 0.211. The van der Waals surface area contributed by atoms with Gasteiger partial charge in [0.15, 0.2) is 0 Å². The van der Waals surface area contributed by atoms with Crippen molar-refractivity contribution in [3.05, 3.63) is 65.2 Å². The third kappa shape index (κ3) is 3.48. The van der Waals surface area contributed by atoms with Gasteiger partial charge in [0, 0.05) is 16.6 Å². The molecule has 0 spiro atoms. The highest BCUT2D eigenvalue weighted by atomic mass is 32.2. The van der Waals surface area contributed by atoms with Gasteiger partial charge >= 0.3 is 0 Å². The monoisotopic (exact) mass is 296 g/mol. The summed E-state index contributed by atoms with van der Waals surface area (Å²) in [5.74, 6) is 0.248. The highest BCUT2D eigenvalue weighted by molar-refractivity contribution is 7.99. The van der Waals surface area contributed by atoms with Crippen LogP contribution in [0.2, 0.25) is 0 Å². The molecule has 0 radical (unpaired) electrons. The Morgan fingerprint density at radius 3 is 2.62 bits per heavy atom. The van der Waals surface area contributed by atoms with Gasteiger partial charge in [0.05, 0.1) is 5.84 Å². The number of amidine groups is 1. The summed E-state index contributed by atoms with van der Waals surface area (Å²) in [6.45, 7) is 0. The average Bonchev–Trinajstić information content (AvgIpc) is 2.94. The molecule has 108 valence electrons. The number of benzene rings is 2. The van der Waals surface area contributed by atoms with Crippen LogP contribution in [0.3, 0.4) is 0 Å². The molecule has 0 heterocycles. The Morgan fingerprint density at radius 2 is 1.86 bits per heavy atom. The standard InChI is InChI=1S/C18H20N2S/c19-18(20)12-17(14-5-2-1-3-6-14)21-16-10-9-13-7-4-8-15(13)11-16/h1-3,5-6,9-11,17H,4,7-8,12H2,(H3,19,20). The molecule has 21 heavy (non-hydrogen) atoms. The first-order chi connectivity index (χ1) is 10.2. The van der Waals surface area contributed by atoms with Gasteiger partial charge in [-0.1, -0.05) is 36.4 Å². The lowest BCUT2D eigenvalue weighted by atomic mass is 10.1. The fourth-order valence-corrected chi connectivity index (χ4v) is 4.12. The van der Waals surface area contributed by atoms with Crippen LogP contribution in [0.5, 0.6) is 0 Å². The van der Waals surface area contributed by atoms with Crippen molar-refractivity contribution >= 4 is 17.6 Å². The third-order valence-electron chi connectivity index (χ3n) is 3.92. The van der Waals surface area contributed by atoms with Crippen molar-refractivity contribution in [1.29, 1.82) is 5.41 Å². The van der Waals surface area contributed by atoms with Crippen LogP contribution >= 0.6 is 11.8 Å². The second-order valence-electron chi connectivity index (χ2n) is 5.53. The first-order valence-electron chi connectivity index (χ1n) is 7.38. The predicted octanol–water partition coefficient (Wildman–Crippen LogP) is 4.33. The van der Waals surface area contributed by atoms with Crippen molar-refractivity contribution in [3.8, 4) is 0 Å². The molecule has 0 saturated heterocycles. The van der Waals surface area contributed by atoms with Crippen molar-refractivity contribution in [2.75, 3.05) is 0 Å². The number of fused-ring (bicyclic) bond motifs is 1. The van der Waals surface area contributed by atoms with Crippen LogP contribution in [-0.2, 0) is 12.8 Å². The molecule has 0 aliphatic heterocycles. The van der Waals surface area contributed by atoms with E-state index in [1.54, 1.807) is 0 Å². The lowest BCUT2D eigenvalue weighted by Gasteiger charge is -2.17. The zero-order valence-electron chi connectivity index (χ0n) is 12.0. The number of hydrogen-bond donors (Lipinski definition) is 2. The van der Waals surface area contributed by atoms with Crippen LogP contribution < -0.4 is 5.73 Å². The highest BCUT2D eigenvalue weighted by Gasteiger charge is 2.16. The normalized spacial score (nSPS) is 14.7. The maximum absolute atomic E-state index is 7.63. The van der Waals surface area contributed by atoms with Crippen molar-refractivity contribution in [1.82, 2.24) is 0 Å². The molecule has 3 N–H and O–H groups in total. The summed E-state index contributed by atoms with van der Waals surface area (Å²) in [6, 6.07) is 17.2. The minimum atomic E-state index is 0.211. The Morgan fingerprint density at radius 1 is 1.10 bits per heavy atom. The lowest BCUT2D eigenvalue weighted by molar-refractivity contribution is 0.911. The minimum Gasteiger partial charge on any atom is -0.388 e. The summed E-state index contributed by atoms with van der Waals surface area (Å²) in [5, 5.41) is 7.84. The van der Waals surface area contributed by atoms with Gasteiger partial charge in [-0.05, 0) is 48.1 Å². The molecule has 2 aromatic carbocycles. The summed E-state index contributed by atoms with van der Waals surface area (Å²) in [7, 11) is 0. The maximum Gasteiger partial charge on any atom is 0.0920 e. The van der Waals surface area contributed by atoms with E-state index in [2.05, 4.69) is 30.3 Å². The van der Waals surface area contributed by atoms with E-state index >= 15 is 0 Å². The molecule has 0 fully saturated rings. The van der Waals surface area contributed by atoms with Crippen LogP contribution in [0.25, 0.3) is 0 Å². The van der Waals surface area contributed by atoms with Gasteiger partial charge < -0.3 is 5.73 Å². The van der Waals surface area contributed by atoms with Gasteiger partial charge in [0.25, 0.3) is 0 Å².